The van der Waals surface area contributed by atoms with Gasteiger partial charge in [-0.3, -0.25) is 4.79 Å². The van der Waals surface area contributed by atoms with Crippen molar-refractivity contribution in [2.45, 2.75) is 18.9 Å². The largest absolute Gasteiger partial charge is 0.393 e. The number of hydrogen-bond acceptors (Lipinski definition) is 6. The molecule has 1 aliphatic rings. The summed E-state index contributed by atoms with van der Waals surface area (Å²) in [5, 5.41) is 23.6. The average Bonchev–Trinajstić information content (AvgIpc) is 3.61. The third-order valence-electron chi connectivity index (χ3n) is 6.67. The van der Waals surface area contributed by atoms with Gasteiger partial charge in [-0.25, -0.2) is 4.68 Å². The van der Waals surface area contributed by atoms with Gasteiger partial charge in [0.2, 0.25) is 0 Å². The summed E-state index contributed by atoms with van der Waals surface area (Å²) in [5.74, 6) is -0.106. The van der Waals surface area contributed by atoms with Gasteiger partial charge in [-0.15, -0.1) is 11.3 Å². The fourth-order valence-electron chi connectivity index (χ4n) is 4.65. The normalized spacial score (nSPS) is 14.1. The molecule has 1 fully saturated rings. The zero-order valence-corrected chi connectivity index (χ0v) is 21.0. The van der Waals surface area contributed by atoms with Crippen LogP contribution in [0.15, 0.2) is 90.4 Å². The smallest absolute Gasteiger partial charge is 0.265 e. The molecule has 0 bridgehead atoms. The zero-order valence-electron chi connectivity index (χ0n) is 20.2. The fourth-order valence-corrected chi connectivity index (χ4v) is 5.27. The quantitative estimate of drug-likeness (QED) is 0.260. The van der Waals surface area contributed by atoms with Crippen molar-refractivity contribution < 1.29 is 9.90 Å². The van der Waals surface area contributed by atoms with Crippen LogP contribution < -0.4 is 15.5 Å². The number of nitrogens with zero attached hydrogens (tertiary/aromatic N) is 3. The van der Waals surface area contributed by atoms with E-state index in [0.717, 1.165) is 59.6 Å². The molecule has 37 heavy (non-hydrogen) atoms. The number of thiophene rings is 1. The van der Waals surface area contributed by atoms with Crippen LogP contribution in [0.1, 0.15) is 22.5 Å². The summed E-state index contributed by atoms with van der Waals surface area (Å²) in [6.07, 6.45) is 3.30. The molecule has 0 saturated carbocycles. The zero-order chi connectivity index (χ0) is 25.2. The summed E-state index contributed by atoms with van der Waals surface area (Å²) >= 11 is 1.42. The Kier molecular flexibility index (Phi) is 6.34. The van der Waals surface area contributed by atoms with Gasteiger partial charge in [0.1, 0.15) is 0 Å². The van der Waals surface area contributed by atoms with E-state index in [9.17, 15) is 9.90 Å². The molecule has 5 aromatic rings. The number of aliphatic hydroxyl groups excluding tert-OH is 1. The van der Waals surface area contributed by atoms with Crippen molar-refractivity contribution in [3.05, 3.63) is 95.3 Å². The Morgan fingerprint density at radius 1 is 0.892 bits per heavy atom. The van der Waals surface area contributed by atoms with Gasteiger partial charge in [-0.1, -0.05) is 6.07 Å². The highest BCUT2D eigenvalue weighted by Gasteiger charge is 2.17. The van der Waals surface area contributed by atoms with Crippen LogP contribution in [0.3, 0.4) is 0 Å². The van der Waals surface area contributed by atoms with E-state index >= 15 is 0 Å². The number of hydrogen-bond donors (Lipinski definition) is 3. The minimum absolute atomic E-state index is 0.106. The summed E-state index contributed by atoms with van der Waals surface area (Å²) in [6.45, 7) is 1.78. The molecular formula is C29H27N5O2S. The molecule has 0 spiro atoms. The molecule has 2 aromatic heterocycles. The van der Waals surface area contributed by atoms with Crippen LogP contribution in [0.2, 0.25) is 0 Å². The van der Waals surface area contributed by atoms with Gasteiger partial charge < -0.3 is 20.6 Å². The molecule has 186 valence electrons. The Morgan fingerprint density at radius 2 is 1.57 bits per heavy atom. The first kappa shape index (κ1) is 23.3. The molecule has 1 amide bonds. The van der Waals surface area contributed by atoms with E-state index in [1.54, 1.807) is 0 Å². The second kappa shape index (κ2) is 10.1. The molecule has 1 aliphatic heterocycles. The number of aliphatic hydroxyl groups is 1. The van der Waals surface area contributed by atoms with Gasteiger partial charge in [0.15, 0.2) is 0 Å². The molecular weight excluding hydrogens is 482 g/mol. The first-order valence-corrected chi connectivity index (χ1v) is 13.2. The monoisotopic (exact) mass is 509 g/mol. The van der Waals surface area contributed by atoms with E-state index in [-0.39, 0.29) is 12.0 Å². The van der Waals surface area contributed by atoms with Crippen molar-refractivity contribution in [3.8, 4) is 5.69 Å². The Bertz CT molecular complexity index is 1500. The van der Waals surface area contributed by atoms with Crippen LogP contribution in [0.4, 0.5) is 22.7 Å². The van der Waals surface area contributed by atoms with Crippen molar-refractivity contribution in [1.82, 2.24) is 9.78 Å². The van der Waals surface area contributed by atoms with Gasteiger partial charge in [0.25, 0.3) is 5.91 Å². The number of anilines is 4. The number of fused-ring (bicyclic) bond motifs is 1. The van der Waals surface area contributed by atoms with Crippen LogP contribution in [-0.2, 0) is 0 Å². The Morgan fingerprint density at radius 3 is 2.24 bits per heavy atom. The molecule has 1 saturated heterocycles. The molecule has 3 N–H and O–H groups in total. The number of piperidine rings is 1. The number of amides is 1. The molecule has 7 nitrogen and oxygen atoms in total. The topological polar surface area (TPSA) is 82.4 Å². The molecule has 8 heteroatoms. The van der Waals surface area contributed by atoms with E-state index in [0.29, 0.717) is 4.88 Å². The molecule has 0 unspecified atom stereocenters. The molecule has 3 aromatic carbocycles. The maximum atomic E-state index is 12.4. The first-order chi connectivity index (χ1) is 18.1. The van der Waals surface area contributed by atoms with Gasteiger partial charge in [0.05, 0.1) is 28.4 Å². The molecule has 0 radical (unpaired) electrons. The van der Waals surface area contributed by atoms with Gasteiger partial charge in [-0.2, -0.15) is 5.10 Å². The number of aromatic nitrogens is 2. The lowest BCUT2D eigenvalue weighted by Gasteiger charge is -2.31. The lowest BCUT2D eigenvalue weighted by Crippen LogP contribution is -2.35. The summed E-state index contributed by atoms with van der Waals surface area (Å²) < 4.78 is 1.90. The van der Waals surface area contributed by atoms with E-state index in [2.05, 4.69) is 44.9 Å². The van der Waals surface area contributed by atoms with Crippen LogP contribution >= 0.6 is 11.3 Å². The average molecular weight is 510 g/mol. The maximum absolute atomic E-state index is 12.4. The Hall–Kier alpha value is -4.14. The van der Waals surface area contributed by atoms with E-state index < -0.39 is 0 Å². The lowest BCUT2D eigenvalue weighted by molar-refractivity contribution is 0.103. The fraction of sp³-hybridized carbons (Fsp3) is 0.172. The highest BCUT2D eigenvalue weighted by Crippen LogP contribution is 2.26. The SMILES string of the molecule is O=C(Nc1ccc2c(cnn2-c2ccc(Nc3ccc(N4CCC(O)CC4)cc3)cc2)c1)c1cccs1. The second-order valence-corrected chi connectivity index (χ2v) is 10.1. The molecule has 3 heterocycles. The van der Waals surface area contributed by atoms with Crippen molar-refractivity contribution in [2.75, 3.05) is 28.6 Å². The third-order valence-corrected chi connectivity index (χ3v) is 7.54. The summed E-state index contributed by atoms with van der Waals surface area (Å²) in [5.41, 5.74) is 5.87. The van der Waals surface area contributed by atoms with Gasteiger partial charge >= 0.3 is 0 Å². The first-order valence-electron chi connectivity index (χ1n) is 12.4. The molecule has 0 aliphatic carbocycles. The van der Waals surface area contributed by atoms with Gasteiger partial charge in [-0.05, 0) is 91.0 Å². The maximum Gasteiger partial charge on any atom is 0.265 e. The predicted octanol–water partition coefficient (Wildman–Crippen LogP) is 6.04. The Labute approximate surface area is 219 Å². The van der Waals surface area contributed by atoms with Crippen LogP contribution in [0.25, 0.3) is 16.6 Å². The number of nitrogens with one attached hydrogen (secondary N) is 2. The van der Waals surface area contributed by atoms with Crippen molar-refractivity contribution in [2.24, 2.45) is 0 Å². The number of carbonyl (C=O) groups excluding carboxylic acids is 1. The predicted molar refractivity (Wildman–Crippen MR) is 151 cm³/mol. The van der Waals surface area contributed by atoms with E-state index in [1.165, 1.54) is 17.0 Å². The number of carbonyl (C=O) groups is 1. The summed E-state index contributed by atoms with van der Waals surface area (Å²) in [6, 6.07) is 26.1. The highest BCUT2D eigenvalue weighted by atomic mass is 32.1. The Balaban J connectivity index is 1.13. The number of benzene rings is 3. The van der Waals surface area contributed by atoms with Crippen molar-refractivity contribution in [3.63, 3.8) is 0 Å². The minimum Gasteiger partial charge on any atom is -0.393 e. The third kappa shape index (κ3) is 5.07. The summed E-state index contributed by atoms with van der Waals surface area (Å²) in [4.78, 5) is 15.4. The van der Waals surface area contributed by atoms with E-state index in [4.69, 9.17) is 0 Å². The van der Waals surface area contributed by atoms with Crippen LogP contribution in [0, 0.1) is 0 Å². The summed E-state index contributed by atoms with van der Waals surface area (Å²) in [7, 11) is 0. The van der Waals surface area contributed by atoms with Crippen molar-refractivity contribution >= 4 is 50.9 Å². The van der Waals surface area contributed by atoms with Crippen molar-refractivity contribution in [1.29, 1.82) is 0 Å². The lowest BCUT2D eigenvalue weighted by atomic mass is 10.1. The van der Waals surface area contributed by atoms with Crippen LogP contribution in [-0.4, -0.2) is 40.0 Å². The van der Waals surface area contributed by atoms with Crippen LogP contribution in [0.5, 0.6) is 0 Å². The molecule has 6 rings (SSSR count). The standard InChI is InChI=1S/C29H27N5O2S/c35-26-13-15-33(16-14-26)24-8-3-21(4-9-24)31-22-5-10-25(11-6-22)34-27-12-7-23(18-20(27)19-30-34)32-29(36)28-2-1-17-37-28/h1-12,17-19,26,31,35H,13-16H2,(H,32,36). The highest BCUT2D eigenvalue weighted by molar-refractivity contribution is 7.12. The van der Waals surface area contributed by atoms with Gasteiger partial charge in [0, 0.05) is 41.2 Å². The molecule has 0 atom stereocenters. The number of rotatable bonds is 6. The second-order valence-electron chi connectivity index (χ2n) is 9.20. The van der Waals surface area contributed by atoms with E-state index in [1.807, 2.05) is 70.9 Å². The minimum atomic E-state index is -0.165.